The molecule has 0 heterocycles. The van der Waals surface area contributed by atoms with Crippen molar-refractivity contribution >= 4 is 11.8 Å². The van der Waals surface area contributed by atoms with E-state index < -0.39 is 31.4 Å². The first-order valence-corrected chi connectivity index (χ1v) is 10.5. The van der Waals surface area contributed by atoms with Gasteiger partial charge in [0, 0.05) is 12.5 Å². The Balaban J connectivity index is 2.18. The molecule has 164 valence electrons. The summed E-state index contributed by atoms with van der Waals surface area (Å²) >= 11 is 0. The lowest BCUT2D eigenvalue weighted by molar-refractivity contribution is -0.147. The molecule has 0 aromatic rings. The Morgan fingerprint density at radius 1 is 1.34 bits per heavy atom. The van der Waals surface area contributed by atoms with Crippen LogP contribution in [0.1, 0.15) is 60.3 Å². The minimum absolute atomic E-state index is 0.0344. The summed E-state index contributed by atoms with van der Waals surface area (Å²) in [5, 5.41) is 28.9. The molecule has 5 atom stereocenters. The largest absolute Gasteiger partial charge is 0.454 e. The van der Waals surface area contributed by atoms with Gasteiger partial charge in [-0.05, 0) is 61.9 Å². The summed E-state index contributed by atoms with van der Waals surface area (Å²) in [5.41, 5.74) is 1.41. The van der Waals surface area contributed by atoms with Crippen LogP contribution in [0.25, 0.3) is 0 Å². The molecule has 0 saturated heterocycles. The molecule has 0 spiro atoms. The number of aliphatic hydroxyl groups is 3. The molecule has 2 aliphatic rings. The molecule has 0 amide bonds. The van der Waals surface area contributed by atoms with Gasteiger partial charge in [0.2, 0.25) is 0 Å². The third kappa shape index (κ3) is 4.81. The second-order valence-electron chi connectivity index (χ2n) is 9.45. The Kier molecular flexibility index (Phi) is 7.47. The maximum Gasteiger partial charge on any atom is 0.331 e. The average Bonchev–Trinajstić information content (AvgIpc) is 2.65. The third-order valence-corrected chi connectivity index (χ3v) is 7.61. The number of aliphatic hydroxyl groups excluding tert-OH is 3. The molecule has 1 fully saturated rings. The molecule has 3 N–H and O–H groups in total. The number of ketones is 1. The van der Waals surface area contributed by atoms with Crippen molar-refractivity contribution in [1.29, 1.82) is 0 Å². The minimum atomic E-state index is -0.915. The minimum Gasteiger partial charge on any atom is -0.454 e. The van der Waals surface area contributed by atoms with Gasteiger partial charge in [0.25, 0.3) is 0 Å². The molecule has 2 aliphatic carbocycles. The van der Waals surface area contributed by atoms with E-state index in [0.29, 0.717) is 19.3 Å². The Morgan fingerprint density at radius 3 is 2.55 bits per heavy atom. The fraction of sp³-hybridized carbons (Fsp3) is 0.739. The fourth-order valence-corrected chi connectivity index (χ4v) is 5.27. The van der Waals surface area contributed by atoms with Crippen LogP contribution in [0.4, 0.5) is 0 Å². The van der Waals surface area contributed by atoms with Gasteiger partial charge >= 0.3 is 5.97 Å². The molecule has 0 aromatic carbocycles. The smallest absolute Gasteiger partial charge is 0.331 e. The van der Waals surface area contributed by atoms with Crippen LogP contribution in [-0.2, 0) is 14.3 Å². The summed E-state index contributed by atoms with van der Waals surface area (Å²) < 4.78 is 5.00. The van der Waals surface area contributed by atoms with E-state index in [1.807, 2.05) is 13.8 Å². The van der Waals surface area contributed by atoms with E-state index in [0.717, 1.165) is 17.6 Å². The summed E-state index contributed by atoms with van der Waals surface area (Å²) in [6.45, 7) is 9.36. The van der Waals surface area contributed by atoms with E-state index >= 15 is 0 Å². The van der Waals surface area contributed by atoms with Gasteiger partial charge in [0.1, 0.15) is 6.10 Å². The van der Waals surface area contributed by atoms with Gasteiger partial charge in [0.15, 0.2) is 5.78 Å². The van der Waals surface area contributed by atoms with Crippen LogP contribution in [0.2, 0.25) is 0 Å². The molecule has 0 bridgehead atoms. The van der Waals surface area contributed by atoms with Crippen molar-refractivity contribution in [2.45, 2.75) is 72.5 Å². The summed E-state index contributed by atoms with van der Waals surface area (Å²) in [6, 6.07) is 0. The van der Waals surface area contributed by atoms with E-state index in [4.69, 9.17) is 14.9 Å². The number of fused-ring (bicyclic) bond motifs is 1. The monoisotopic (exact) mass is 408 g/mol. The summed E-state index contributed by atoms with van der Waals surface area (Å²) in [5.74, 6) is -0.269. The van der Waals surface area contributed by atoms with Gasteiger partial charge in [-0.25, -0.2) is 4.79 Å². The van der Waals surface area contributed by atoms with E-state index in [2.05, 4.69) is 20.8 Å². The van der Waals surface area contributed by atoms with E-state index in [9.17, 15) is 14.7 Å². The van der Waals surface area contributed by atoms with Crippen molar-refractivity contribution in [1.82, 2.24) is 0 Å². The summed E-state index contributed by atoms with van der Waals surface area (Å²) in [7, 11) is 0. The number of hydrogen-bond acceptors (Lipinski definition) is 6. The van der Waals surface area contributed by atoms with Crippen LogP contribution < -0.4 is 0 Å². The quantitative estimate of drug-likeness (QED) is 0.442. The third-order valence-electron chi connectivity index (χ3n) is 7.61. The Bertz CT molecular complexity index is 691. The topological polar surface area (TPSA) is 104 Å². The standard InChI is InChI=1S/C23H36O6/c1-14(8-21(28)29-18(12-24)13-25)6-7-22(4)16(3)19(27)11-23(5)15(2)9-17(26)10-20(22)23/h8-9,16,18-20,24-25,27H,6-7,10-13H2,1-5H3/b14-8+/t16-,19-,20-,22+,23+/m0/s1. The Labute approximate surface area is 173 Å². The number of hydrogen-bond donors (Lipinski definition) is 3. The van der Waals surface area contributed by atoms with E-state index in [1.165, 1.54) is 6.08 Å². The normalized spacial score (nSPS) is 35.3. The number of carbonyl (C=O) groups is 2. The predicted molar refractivity (Wildman–Crippen MR) is 110 cm³/mol. The molecule has 1 saturated carbocycles. The van der Waals surface area contributed by atoms with Crippen LogP contribution in [0.15, 0.2) is 23.3 Å². The van der Waals surface area contributed by atoms with Crippen LogP contribution >= 0.6 is 0 Å². The predicted octanol–water partition coefficient (Wildman–Crippen LogP) is 2.56. The van der Waals surface area contributed by atoms with Crippen LogP contribution in [0, 0.1) is 22.7 Å². The lowest BCUT2D eigenvalue weighted by Crippen LogP contribution is -2.55. The molecular formula is C23H36O6. The highest BCUT2D eigenvalue weighted by atomic mass is 16.6. The molecule has 6 heteroatoms. The first kappa shape index (κ1) is 23.8. The maximum atomic E-state index is 12.3. The number of rotatable bonds is 7. The highest BCUT2D eigenvalue weighted by Gasteiger charge is 2.57. The van der Waals surface area contributed by atoms with Crippen molar-refractivity contribution in [3.63, 3.8) is 0 Å². The summed E-state index contributed by atoms with van der Waals surface area (Å²) in [4.78, 5) is 24.3. The number of ether oxygens (including phenoxy) is 1. The number of esters is 1. The SMILES string of the molecule is CC1=CC(=O)C[C@H]2[C@](C)(CC/C(C)=C/C(=O)OC(CO)CO)[C@@H](C)[C@@H](O)C[C@]12C. The van der Waals surface area contributed by atoms with Crippen molar-refractivity contribution in [3.8, 4) is 0 Å². The lowest BCUT2D eigenvalue weighted by Gasteiger charge is -2.59. The molecule has 0 aliphatic heterocycles. The first-order chi connectivity index (χ1) is 13.5. The highest BCUT2D eigenvalue weighted by Crippen LogP contribution is 2.61. The molecule has 0 aromatic heterocycles. The van der Waals surface area contributed by atoms with Crippen LogP contribution in [0.3, 0.4) is 0 Å². The molecule has 29 heavy (non-hydrogen) atoms. The Hall–Kier alpha value is -1.50. The van der Waals surface area contributed by atoms with Crippen molar-refractivity contribution in [3.05, 3.63) is 23.3 Å². The zero-order valence-corrected chi connectivity index (χ0v) is 18.3. The van der Waals surface area contributed by atoms with Gasteiger partial charge in [0.05, 0.1) is 19.3 Å². The van der Waals surface area contributed by atoms with Crippen molar-refractivity contribution in [2.24, 2.45) is 22.7 Å². The van der Waals surface area contributed by atoms with Crippen LogP contribution in [-0.4, -0.2) is 52.5 Å². The molecule has 0 radical (unpaired) electrons. The Morgan fingerprint density at radius 2 is 1.97 bits per heavy atom. The summed E-state index contributed by atoms with van der Waals surface area (Å²) in [6.07, 6.45) is 4.29. The van der Waals surface area contributed by atoms with Gasteiger partial charge in [-0.1, -0.05) is 31.9 Å². The maximum absolute atomic E-state index is 12.3. The number of carbonyl (C=O) groups excluding carboxylic acids is 2. The van der Waals surface area contributed by atoms with E-state index in [-0.39, 0.29) is 28.4 Å². The molecular weight excluding hydrogens is 372 g/mol. The van der Waals surface area contributed by atoms with Crippen molar-refractivity contribution in [2.75, 3.05) is 13.2 Å². The second kappa shape index (κ2) is 9.11. The highest BCUT2D eigenvalue weighted by molar-refractivity contribution is 5.92. The van der Waals surface area contributed by atoms with Gasteiger partial charge in [-0.3, -0.25) is 4.79 Å². The van der Waals surface area contributed by atoms with Crippen LogP contribution in [0.5, 0.6) is 0 Å². The number of allylic oxidation sites excluding steroid dienone is 3. The van der Waals surface area contributed by atoms with Gasteiger partial charge in [-0.15, -0.1) is 0 Å². The second-order valence-corrected chi connectivity index (χ2v) is 9.45. The average molecular weight is 409 g/mol. The van der Waals surface area contributed by atoms with E-state index in [1.54, 1.807) is 6.08 Å². The van der Waals surface area contributed by atoms with Gasteiger partial charge < -0.3 is 20.1 Å². The molecule has 2 rings (SSSR count). The lowest BCUT2D eigenvalue weighted by atomic mass is 9.46. The molecule has 0 unspecified atom stereocenters. The molecule has 6 nitrogen and oxygen atoms in total. The van der Waals surface area contributed by atoms with Gasteiger partial charge in [-0.2, -0.15) is 0 Å². The fourth-order valence-electron chi connectivity index (χ4n) is 5.27. The zero-order chi connectivity index (χ0) is 22.0. The zero-order valence-electron chi connectivity index (χ0n) is 18.3. The van der Waals surface area contributed by atoms with Crippen molar-refractivity contribution < 1.29 is 29.6 Å². The first-order valence-electron chi connectivity index (χ1n) is 10.5.